The van der Waals surface area contributed by atoms with Crippen LogP contribution in [0, 0.1) is 11.6 Å². The fraction of sp³-hybridized carbons (Fsp3) is 0.0769. The Morgan fingerprint density at radius 3 is 2.39 bits per heavy atom. The Kier molecular flexibility index (Phi) is 3.85. The zero-order chi connectivity index (χ0) is 13.3. The topological polar surface area (TPSA) is 26.0 Å². The molecule has 94 valence electrons. The van der Waals surface area contributed by atoms with Crippen LogP contribution in [0.2, 0.25) is 10.0 Å². The van der Waals surface area contributed by atoms with Crippen LogP contribution < -0.4 is 5.73 Å². The van der Waals surface area contributed by atoms with E-state index in [4.69, 9.17) is 28.9 Å². The van der Waals surface area contributed by atoms with Gasteiger partial charge in [0.15, 0.2) is 0 Å². The lowest BCUT2D eigenvalue weighted by atomic mass is 9.99. The SMILES string of the molecule is NC(c1cc(F)ccc1F)c1cc(Cl)ccc1Cl. The van der Waals surface area contributed by atoms with Crippen LogP contribution >= 0.6 is 23.2 Å². The third-order valence-electron chi connectivity index (χ3n) is 2.59. The molecule has 0 heterocycles. The highest BCUT2D eigenvalue weighted by molar-refractivity contribution is 6.33. The van der Waals surface area contributed by atoms with Gasteiger partial charge in [-0.1, -0.05) is 23.2 Å². The van der Waals surface area contributed by atoms with Gasteiger partial charge >= 0.3 is 0 Å². The lowest BCUT2D eigenvalue weighted by molar-refractivity contribution is 0.576. The smallest absolute Gasteiger partial charge is 0.128 e. The molecule has 0 saturated heterocycles. The van der Waals surface area contributed by atoms with Crippen LogP contribution in [0.25, 0.3) is 0 Å². The van der Waals surface area contributed by atoms with Crippen molar-refractivity contribution in [3.05, 3.63) is 69.2 Å². The predicted molar refractivity (Wildman–Crippen MR) is 68.9 cm³/mol. The lowest BCUT2D eigenvalue weighted by Crippen LogP contribution is -2.14. The van der Waals surface area contributed by atoms with E-state index < -0.39 is 17.7 Å². The molecular formula is C13H9Cl2F2N. The fourth-order valence-corrected chi connectivity index (χ4v) is 2.09. The van der Waals surface area contributed by atoms with Gasteiger partial charge in [0.25, 0.3) is 0 Å². The van der Waals surface area contributed by atoms with E-state index in [1.54, 1.807) is 18.2 Å². The summed E-state index contributed by atoms with van der Waals surface area (Å²) >= 11 is 11.8. The summed E-state index contributed by atoms with van der Waals surface area (Å²) in [6.45, 7) is 0. The second-order valence-electron chi connectivity index (χ2n) is 3.81. The van der Waals surface area contributed by atoms with E-state index in [2.05, 4.69) is 0 Å². The molecular weight excluding hydrogens is 279 g/mol. The minimum absolute atomic E-state index is 0.0409. The van der Waals surface area contributed by atoms with Crippen molar-refractivity contribution in [2.75, 3.05) is 0 Å². The lowest BCUT2D eigenvalue weighted by Gasteiger charge is -2.15. The first-order chi connectivity index (χ1) is 8.49. The molecule has 2 aromatic rings. The molecule has 0 aliphatic rings. The van der Waals surface area contributed by atoms with Gasteiger partial charge in [-0.05, 0) is 42.0 Å². The van der Waals surface area contributed by atoms with Crippen LogP contribution in [0.4, 0.5) is 8.78 Å². The molecule has 0 saturated carbocycles. The Morgan fingerprint density at radius 1 is 0.944 bits per heavy atom. The van der Waals surface area contributed by atoms with Crippen LogP contribution in [-0.2, 0) is 0 Å². The molecule has 0 amide bonds. The molecule has 0 spiro atoms. The molecule has 2 aromatic carbocycles. The summed E-state index contributed by atoms with van der Waals surface area (Å²) in [7, 11) is 0. The first kappa shape index (κ1) is 13.3. The highest BCUT2D eigenvalue weighted by atomic mass is 35.5. The molecule has 0 bridgehead atoms. The van der Waals surface area contributed by atoms with E-state index in [0.29, 0.717) is 15.6 Å². The second kappa shape index (κ2) is 5.22. The summed E-state index contributed by atoms with van der Waals surface area (Å²) in [4.78, 5) is 0. The summed E-state index contributed by atoms with van der Waals surface area (Å²) in [6.07, 6.45) is 0. The van der Waals surface area contributed by atoms with Crippen LogP contribution in [-0.4, -0.2) is 0 Å². The molecule has 2 rings (SSSR count). The Balaban J connectivity index is 2.50. The summed E-state index contributed by atoms with van der Waals surface area (Å²) in [5.41, 5.74) is 6.40. The first-order valence-corrected chi connectivity index (χ1v) is 5.90. The number of halogens is 4. The Hall–Kier alpha value is -1.16. The Morgan fingerprint density at radius 2 is 1.67 bits per heavy atom. The number of nitrogens with two attached hydrogens (primary N) is 1. The molecule has 0 radical (unpaired) electrons. The van der Waals surface area contributed by atoms with Crippen molar-refractivity contribution < 1.29 is 8.78 Å². The average Bonchev–Trinajstić information content (AvgIpc) is 2.34. The summed E-state index contributed by atoms with van der Waals surface area (Å²) in [6, 6.07) is 6.95. The van der Waals surface area contributed by atoms with Gasteiger partial charge in [0.2, 0.25) is 0 Å². The zero-order valence-electron chi connectivity index (χ0n) is 9.13. The summed E-state index contributed by atoms with van der Waals surface area (Å²) < 4.78 is 26.7. The van der Waals surface area contributed by atoms with Gasteiger partial charge in [-0.2, -0.15) is 0 Å². The van der Waals surface area contributed by atoms with Crippen LogP contribution in [0.1, 0.15) is 17.2 Å². The van der Waals surface area contributed by atoms with Crippen LogP contribution in [0.15, 0.2) is 36.4 Å². The molecule has 0 fully saturated rings. The maximum Gasteiger partial charge on any atom is 0.128 e. The molecule has 0 aliphatic carbocycles. The van der Waals surface area contributed by atoms with Crippen molar-refractivity contribution in [2.45, 2.75) is 6.04 Å². The monoisotopic (exact) mass is 287 g/mol. The minimum Gasteiger partial charge on any atom is -0.320 e. The van der Waals surface area contributed by atoms with Gasteiger partial charge in [-0.3, -0.25) is 0 Å². The summed E-state index contributed by atoms with van der Waals surface area (Å²) in [5, 5.41) is 0.789. The third kappa shape index (κ3) is 2.64. The maximum atomic E-state index is 13.6. The first-order valence-electron chi connectivity index (χ1n) is 5.14. The second-order valence-corrected chi connectivity index (χ2v) is 4.65. The van der Waals surface area contributed by atoms with Gasteiger partial charge in [-0.25, -0.2) is 8.78 Å². The molecule has 0 aliphatic heterocycles. The fourth-order valence-electron chi connectivity index (χ4n) is 1.67. The van der Waals surface area contributed by atoms with Crippen molar-refractivity contribution in [1.29, 1.82) is 0 Å². The van der Waals surface area contributed by atoms with Gasteiger partial charge < -0.3 is 5.73 Å². The number of hydrogen-bond acceptors (Lipinski definition) is 1. The molecule has 1 unspecified atom stereocenters. The Bertz CT molecular complexity index is 536. The number of hydrogen-bond donors (Lipinski definition) is 1. The van der Waals surface area contributed by atoms with Crippen molar-refractivity contribution >= 4 is 23.2 Å². The largest absolute Gasteiger partial charge is 0.320 e. The molecule has 2 N–H and O–H groups in total. The number of benzene rings is 2. The van der Waals surface area contributed by atoms with Crippen LogP contribution in [0.3, 0.4) is 0 Å². The zero-order valence-corrected chi connectivity index (χ0v) is 10.6. The minimum atomic E-state index is -0.869. The van der Waals surface area contributed by atoms with Gasteiger partial charge in [-0.15, -0.1) is 0 Å². The molecule has 1 atom stereocenters. The molecule has 18 heavy (non-hydrogen) atoms. The molecule has 0 aromatic heterocycles. The average molecular weight is 288 g/mol. The Labute approximate surface area is 113 Å². The standard InChI is InChI=1S/C13H9Cl2F2N/c14-7-1-3-11(15)9(5-7)13(18)10-6-8(16)2-4-12(10)17/h1-6,13H,18H2. The van der Waals surface area contributed by atoms with E-state index in [1.807, 2.05) is 0 Å². The third-order valence-corrected chi connectivity index (χ3v) is 3.17. The van der Waals surface area contributed by atoms with Crippen molar-refractivity contribution in [1.82, 2.24) is 0 Å². The van der Waals surface area contributed by atoms with Crippen LogP contribution in [0.5, 0.6) is 0 Å². The quantitative estimate of drug-likeness (QED) is 0.875. The van der Waals surface area contributed by atoms with Crippen molar-refractivity contribution in [3.63, 3.8) is 0 Å². The van der Waals surface area contributed by atoms with E-state index in [9.17, 15) is 8.78 Å². The normalized spacial score (nSPS) is 12.5. The van der Waals surface area contributed by atoms with Crippen molar-refractivity contribution in [2.24, 2.45) is 5.73 Å². The van der Waals surface area contributed by atoms with E-state index in [-0.39, 0.29) is 5.56 Å². The summed E-state index contributed by atoms with van der Waals surface area (Å²) in [5.74, 6) is -1.14. The number of rotatable bonds is 2. The van der Waals surface area contributed by atoms with Gasteiger partial charge in [0.05, 0.1) is 6.04 Å². The van der Waals surface area contributed by atoms with E-state index >= 15 is 0 Å². The highest BCUT2D eigenvalue weighted by Gasteiger charge is 2.17. The maximum absolute atomic E-state index is 13.6. The highest BCUT2D eigenvalue weighted by Crippen LogP contribution is 2.30. The van der Waals surface area contributed by atoms with Crippen molar-refractivity contribution in [3.8, 4) is 0 Å². The molecule has 5 heteroatoms. The van der Waals surface area contributed by atoms with Gasteiger partial charge in [0, 0.05) is 15.6 Å². The van der Waals surface area contributed by atoms with E-state index in [1.165, 1.54) is 0 Å². The predicted octanol–water partition coefficient (Wildman–Crippen LogP) is 4.32. The van der Waals surface area contributed by atoms with Gasteiger partial charge in [0.1, 0.15) is 11.6 Å². The van der Waals surface area contributed by atoms with E-state index in [0.717, 1.165) is 18.2 Å². The molecule has 1 nitrogen and oxygen atoms in total.